The Morgan fingerprint density at radius 2 is 2.14 bits per heavy atom. The van der Waals surface area contributed by atoms with E-state index in [1.165, 1.54) is 19.9 Å². The number of aliphatic imine (C=N–C) groups is 1. The van der Waals surface area contributed by atoms with Crippen LogP contribution in [0.5, 0.6) is 0 Å². The Balaban J connectivity index is 0.000000383. The fraction of sp³-hybridized carbons (Fsp3) is 0.400. The van der Waals surface area contributed by atoms with Gasteiger partial charge in [-0.2, -0.15) is 0 Å². The zero-order valence-corrected chi connectivity index (χ0v) is 13.7. The number of hydrogen-bond acceptors (Lipinski definition) is 2. The SMILES string of the molecule is C=CC1CCCN1Cc1cccc(Cl)c1Cl.CN=C(N)N. The van der Waals surface area contributed by atoms with Crippen molar-refractivity contribution in [1.82, 2.24) is 4.90 Å². The van der Waals surface area contributed by atoms with E-state index in [1.54, 1.807) is 0 Å². The topological polar surface area (TPSA) is 67.6 Å². The monoisotopic (exact) mass is 328 g/mol. The fourth-order valence-corrected chi connectivity index (χ4v) is 2.58. The van der Waals surface area contributed by atoms with E-state index in [9.17, 15) is 0 Å². The van der Waals surface area contributed by atoms with E-state index in [0.29, 0.717) is 16.1 Å². The normalized spacial score (nSPS) is 17.8. The summed E-state index contributed by atoms with van der Waals surface area (Å²) in [4.78, 5) is 5.75. The summed E-state index contributed by atoms with van der Waals surface area (Å²) in [5.41, 5.74) is 10.7. The number of halogens is 2. The lowest BCUT2D eigenvalue weighted by atomic mass is 10.2. The molecule has 4 nitrogen and oxygen atoms in total. The molecule has 0 saturated carbocycles. The third kappa shape index (κ3) is 5.58. The van der Waals surface area contributed by atoms with Gasteiger partial charge in [-0.3, -0.25) is 9.89 Å². The highest BCUT2D eigenvalue weighted by atomic mass is 35.5. The Bertz CT molecular complexity index is 498. The van der Waals surface area contributed by atoms with Crippen molar-refractivity contribution >= 4 is 29.2 Å². The Kier molecular flexibility index (Phi) is 7.57. The highest BCUT2D eigenvalue weighted by Crippen LogP contribution is 2.28. The van der Waals surface area contributed by atoms with Crippen LogP contribution in [0.25, 0.3) is 0 Å². The number of guanidine groups is 1. The first-order valence-corrected chi connectivity index (χ1v) is 7.52. The molecule has 1 atom stereocenters. The molecule has 0 aromatic heterocycles. The van der Waals surface area contributed by atoms with Gasteiger partial charge in [-0.1, -0.05) is 41.4 Å². The maximum Gasteiger partial charge on any atom is 0.185 e. The number of hydrogen-bond donors (Lipinski definition) is 2. The zero-order chi connectivity index (χ0) is 15.8. The van der Waals surface area contributed by atoms with E-state index in [0.717, 1.165) is 18.7 Å². The first-order chi connectivity index (χ1) is 9.99. The van der Waals surface area contributed by atoms with Crippen molar-refractivity contribution in [2.75, 3.05) is 13.6 Å². The molecular formula is C15H22Cl2N4. The van der Waals surface area contributed by atoms with Crippen LogP contribution < -0.4 is 11.5 Å². The van der Waals surface area contributed by atoms with E-state index in [1.807, 2.05) is 24.3 Å². The van der Waals surface area contributed by atoms with E-state index < -0.39 is 0 Å². The zero-order valence-electron chi connectivity index (χ0n) is 12.2. The summed E-state index contributed by atoms with van der Waals surface area (Å²) in [6, 6.07) is 6.28. The average molecular weight is 329 g/mol. The smallest absolute Gasteiger partial charge is 0.185 e. The van der Waals surface area contributed by atoms with Crippen LogP contribution in [0.1, 0.15) is 18.4 Å². The molecule has 0 radical (unpaired) electrons. The Labute approximate surface area is 136 Å². The molecule has 2 rings (SSSR count). The Morgan fingerprint density at radius 1 is 1.48 bits per heavy atom. The predicted molar refractivity (Wildman–Crippen MR) is 91.8 cm³/mol. The molecule has 0 aliphatic carbocycles. The Morgan fingerprint density at radius 3 is 2.71 bits per heavy atom. The maximum absolute atomic E-state index is 6.18. The molecule has 1 aliphatic heterocycles. The molecule has 1 aromatic carbocycles. The quantitative estimate of drug-likeness (QED) is 0.509. The lowest BCUT2D eigenvalue weighted by molar-refractivity contribution is 0.282. The van der Waals surface area contributed by atoms with Crippen LogP contribution in [0.4, 0.5) is 0 Å². The molecule has 21 heavy (non-hydrogen) atoms. The van der Waals surface area contributed by atoms with Crippen LogP contribution in [0.15, 0.2) is 35.8 Å². The van der Waals surface area contributed by atoms with Crippen molar-refractivity contribution in [3.05, 3.63) is 46.5 Å². The highest BCUT2D eigenvalue weighted by molar-refractivity contribution is 6.42. The van der Waals surface area contributed by atoms with Gasteiger partial charge in [-0.25, -0.2) is 0 Å². The van der Waals surface area contributed by atoms with Gasteiger partial charge < -0.3 is 11.5 Å². The van der Waals surface area contributed by atoms with E-state index in [2.05, 4.69) is 16.5 Å². The van der Waals surface area contributed by atoms with Gasteiger partial charge in [-0.05, 0) is 31.0 Å². The van der Waals surface area contributed by atoms with Gasteiger partial charge in [0.1, 0.15) is 0 Å². The number of rotatable bonds is 3. The molecule has 4 N–H and O–H groups in total. The lowest BCUT2D eigenvalue weighted by Gasteiger charge is -2.22. The van der Waals surface area contributed by atoms with E-state index in [-0.39, 0.29) is 5.96 Å². The summed E-state index contributed by atoms with van der Waals surface area (Å²) in [5, 5.41) is 1.31. The molecule has 0 amide bonds. The Hall–Kier alpha value is -1.23. The minimum absolute atomic E-state index is 0.130. The molecule has 6 heteroatoms. The van der Waals surface area contributed by atoms with Crippen molar-refractivity contribution in [2.45, 2.75) is 25.4 Å². The average Bonchev–Trinajstić information content (AvgIpc) is 2.91. The second kappa shape index (κ2) is 8.93. The van der Waals surface area contributed by atoms with Gasteiger partial charge in [0.15, 0.2) is 5.96 Å². The second-order valence-corrected chi connectivity index (χ2v) is 5.56. The van der Waals surface area contributed by atoms with Crippen LogP contribution in [-0.2, 0) is 6.54 Å². The number of likely N-dealkylation sites (tertiary alicyclic amines) is 1. The summed E-state index contributed by atoms with van der Waals surface area (Å²) in [5.74, 6) is 0.130. The predicted octanol–water partition coefficient (Wildman–Crippen LogP) is 3.03. The van der Waals surface area contributed by atoms with Gasteiger partial charge in [0, 0.05) is 19.6 Å². The number of nitrogens with two attached hydrogens (primary N) is 2. The molecular weight excluding hydrogens is 307 g/mol. The van der Waals surface area contributed by atoms with Gasteiger partial charge in [-0.15, -0.1) is 6.58 Å². The third-order valence-electron chi connectivity index (χ3n) is 3.35. The first-order valence-electron chi connectivity index (χ1n) is 6.76. The summed E-state index contributed by atoms with van der Waals surface area (Å²) >= 11 is 12.2. The van der Waals surface area contributed by atoms with Crippen LogP contribution in [0.2, 0.25) is 10.0 Å². The number of benzene rings is 1. The van der Waals surface area contributed by atoms with Gasteiger partial charge in [0.05, 0.1) is 10.0 Å². The lowest BCUT2D eigenvalue weighted by Crippen LogP contribution is -2.27. The van der Waals surface area contributed by atoms with Crippen LogP contribution in [0.3, 0.4) is 0 Å². The molecule has 1 unspecified atom stereocenters. The molecule has 0 bridgehead atoms. The van der Waals surface area contributed by atoms with Crippen LogP contribution in [0, 0.1) is 0 Å². The summed E-state index contributed by atoms with van der Waals surface area (Å²) in [6.07, 6.45) is 4.45. The number of nitrogens with zero attached hydrogens (tertiary/aromatic N) is 2. The molecule has 1 heterocycles. The summed E-state index contributed by atoms with van der Waals surface area (Å²) in [6.45, 7) is 5.84. The summed E-state index contributed by atoms with van der Waals surface area (Å²) < 4.78 is 0. The minimum atomic E-state index is 0.130. The van der Waals surface area contributed by atoms with Crippen molar-refractivity contribution in [3.8, 4) is 0 Å². The fourth-order valence-electron chi connectivity index (χ4n) is 2.20. The molecule has 0 spiro atoms. The molecule has 116 valence electrons. The highest BCUT2D eigenvalue weighted by Gasteiger charge is 2.22. The van der Waals surface area contributed by atoms with E-state index in [4.69, 9.17) is 34.7 Å². The van der Waals surface area contributed by atoms with Crippen molar-refractivity contribution < 1.29 is 0 Å². The molecule has 1 aliphatic rings. The van der Waals surface area contributed by atoms with Crippen molar-refractivity contribution in [1.29, 1.82) is 0 Å². The molecule has 1 saturated heterocycles. The summed E-state index contributed by atoms with van der Waals surface area (Å²) in [7, 11) is 1.54. The first kappa shape index (κ1) is 17.8. The molecule has 1 aromatic rings. The second-order valence-electron chi connectivity index (χ2n) is 4.78. The largest absolute Gasteiger partial charge is 0.370 e. The van der Waals surface area contributed by atoms with Gasteiger partial charge >= 0.3 is 0 Å². The van der Waals surface area contributed by atoms with E-state index >= 15 is 0 Å². The minimum Gasteiger partial charge on any atom is -0.370 e. The maximum atomic E-state index is 6.18. The van der Waals surface area contributed by atoms with Gasteiger partial charge in [0.2, 0.25) is 0 Å². The van der Waals surface area contributed by atoms with Gasteiger partial charge in [0.25, 0.3) is 0 Å². The van der Waals surface area contributed by atoms with Crippen molar-refractivity contribution in [2.24, 2.45) is 16.5 Å². The molecule has 1 fully saturated rings. The third-order valence-corrected chi connectivity index (χ3v) is 4.21. The van der Waals surface area contributed by atoms with Crippen molar-refractivity contribution in [3.63, 3.8) is 0 Å². The standard InChI is InChI=1S/C13H15Cl2N.C2H7N3/c1-2-11-6-4-8-16(11)9-10-5-3-7-12(14)13(10)15;1-5-2(3)4/h2-3,5,7,11H,1,4,6,8-9H2;1H3,(H4,3,4,5). The van der Waals surface area contributed by atoms with Crippen LogP contribution in [-0.4, -0.2) is 30.5 Å². The van der Waals surface area contributed by atoms with Crippen LogP contribution >= 0.6 is 23.2 Å².